The minimum Gasteiger partial charge on any atom is -0.357 e. The van der Waals surface area contributed by atoms with Gasteiger partial charge in [-0.05, 0) is 20.8 Å². The number of fused-ring (bicyclic) bond motifs is 1. The van der Waals surface area contributed by atoms with Crippen molar-refractivity contribution in [3.05, 3.63) is 0 Å². The molecule has 2 fully saturated rings. The maximum absolute atomic E-state index is 11.9. The Morgan fingerprint density at radius 3 is 2.41 bits per heavy atom. The second kappa shape index (κ2) is 3.91. The number of carbonyl (C=O) groups is 1. The summed E-state index contributed by atoms with van der Waals surface area (Å²) >= 11 is 0. The lowest BCUT2D eigenvalue weighted by Crippen LogP contribution is -2.52. The van der Waals surface area contributed by atoms with Gasteiger partial charge in [0.05, 0.1) is 0 Å². The number of nitrogens with one attached hydrogen (secondary N) is 1. The predicted octanol–water partition coefficient (Wildman–Crippen LogP) is 0.0139. The summed E-state index contributed by atoms with van der Waals surface area (Å²) in [6, 6.07) is 0. The van der Waals surface area contributed by atoms with Gasteiger partial charge < -0.3 is 24.3 Å². The van der Waals surface area contributed by atoms with Crippen molar-refractivity contribution in [3.63, 3.8) is 0 Å². The Labute approximate surface area is 101 Å². The van der Waals surface area contributed by atoms with E-state index in [1.165, 1.54) is 7.11 Å². The first-order chi connectivity index (χ1) is 7.84. The van der Waals surface area contributed by atoms with E-state index in [-0.39, 0.29) is 5.91 Å². The molecular formula is C11H19NO5. The van der Waals surface area contributed by atoms with Gasteiger partial charge in [-0.2, -0.15) is 0 Å². The van der Waals surface area contributed by atoms with Gasteiger partial charge in [0.1, 0.15) is 12.2 Å². The van der Waals surface area contributed by atoms with Gasteiger partial charge in [-0.25, -0.2) is 0 Å². The minimum atomic E-state index is -1.09. The molecule has 0 aromatic rings. The Hall–Kier alpha value is -0.690. The van der Waals surface area contributed by atoms with Gasteiger partial charge in [0, 0.05) is 14.2 Å². The Morgan fingerprint density at radius 2 is 1.88 bits per heavy atom. The highest BCUT2D eigenvalue weighted by Gasteiger charge is 2.64. The largest absolute Gasteiger partial charge is 0.357 e. The normalized spacial score (nSPS) is 43.5. The van der Waals surface area contributed by atoms with Crippen LogP contribution in [0.25, 0.3) is 0 Å². The van der Waals surface area contributed by atoms with Crippen molar-refractivity contribution >= 4 is 5.91 Å². The molecule has 2 aliphatic rings. The molecule has 0 unspecified atom stereocenters. The van der Waals surface area contributed by atoms with Crippen LogP contribution < -0.4 is 5.32 Å². The van der Waals surface area contributed by atoms with Crippen LogP contribution >= 0.6 is 0 Å². The fraction of sp³-hybridized carbons (Fsp3) is 0.909. The van der Waals surface area contributed by atoms with E-state index in [0.717, 1.165) is 0 Å². The first-order valence-corrected chi connectivity index (χ1v) is 5.62. The standard InChI is InChI=1S/C11H19NO5/c1-10(2)15-6-7(16-10)11(3,9(13)12-4)17-8(6)14-5/h6-8H,1-5H3,(H,12,13)/t6-,7+,8-,11+/m1/s1. The maximum atomic E-state index is 11.9. The summed E-state index contributed by atoms with van der Waals surface area (Å²) in [5.41, 5.74) is -1.09. The molecule has 0 radical (unpaired) electrons. The summed E-state index contributed by atoms with van der Waals surface area (Å²) in [4.78, 5) is 11.9. The van der Waals surface area contributed by atoms with Gasteiger partial charge in [-0.3, -0.25) is 4.79 Å². The second-order valence-electron chi connectivity index (χ2n) is 4.93. The first-order valence-electron chi connectivity index (χ1n) is 5.62. The third-order valence-corrected chi connectivity index (χ3v) is 3.21. The summed E-state index contributed by atoms with van der Waals surface area (Å²) in [5, 5.41) is 2.58. The zero-order valence-electron chi connectivity index (χ0n) is 10.8. The van der Waals surface area contributed by atoms with Gasteiger partial charge >= 0.3 is 0 Å². The zero-order chi connectivity index (χ0) is 12.8. The molecule has 0 aromatic heterocycles. The fourth-order valence-electron chi connectivity index (χ4n) is 2.40. The summed E-state index contributed by atoms with van der Waals surface area (Å²) in [6.45, 7) is 5.30. The number of likely N-dealkylation sites (N-methyl/N-ethyl adjacent to an activating group) is 1. The molecule has 6 heteroatoms. The van der Waals surface area contributed by atoms with Crippen molar-refractivity contribution in [1.82, 2.24) is 5.32 Å². The molecule has 4 atom stereocenters. The quantitative estimate of drug-likeness (QED) is 0.742. The third kappa shape index (κ3) is 1.85. The second-order valence-corrected chi connectivity index (χ2v) is 4.93. The average molecular weight is 245 g/mol. The Bertz CT molecular complexity index is 332. The van der Waals surface area contributed by atoms with E-state index in [1.54, 1.807) is 14.0 Å². The van der Waals surface area contributed by atoms with Crippen LogP contribution in [0.2, 0.25) is 0 Å². The number of amides is 1. The van der Waals surface area contributed by atoms with Crippen molar-refractivity contribution in [2.24, 2.45) is 0 Å². The van der Waals surface area contributed by atoms with Crippen LogP contribution in [0.3, 0.4) is 0 Å². The highest BCUT2D eigenvalue weighted by Crippen LogP contribution is 2.44. The molecule has 1 amide bonds. The lowest BCUT2D eigenvalue weighted by atomic mass is 9.97. The number of rotatable bonds is 2. The molecule has 0 aromatic carbocycles. The van der Waals surface area contributed by atoms with Crippen molar-refractivity contribution in [3.8, 4) is 0 Å². The van der Waals surface area contributed by atoms with Gasteiger partial charge in [-0.15, -0.1) is 0 Å². The predicted molar refractivity (Wildman–Crippen MR) is 58.2 cm³/mol. The van der Waals surface area contributed by atoms with E-state index in [2.05, 4.69) is 5.32 Å². The van der Waals surface area contributed by atoms with Crippen LogP contribution in [0.4, 0.5) is 0 Å². The van der Waals surface area contributed by atoms with Crippen LogP contribution in [0.15, 0.2) is 0 Å². The monoisotopic (exact) mass is 245 g/mol. The Balaban J connectivity index is 2.29. The lowest BCUT2D eigenvalue weighted by molar-refractivity contribution is -0.243. The maximum Gasteiger partial charge on any atom is 0.254 e. The SMILES string of the molecule is CNC(=O)[C@@]1(C)O[C@@H](OC)[C@@H]2OC(C)(C)O[C@@H]21. The third-order valence-electron chi connectivity index (χ3n) is 3.21. The minimum absolute atomic E-state index is 0.242. The number of ether oxygens (including phenoxy) is 4. The van der Waals surface area contributed by atoms with E-state index in [1.807, 2.05) is 13.8 Å². The number of hydrogen-bond acceptors (Lipinski definition) is 5. The van der Waals surface area contributed by atoms with Gasteiger partial charge in [-0.1, -0.05) is 0 Å². The topological polar surface area (TPSA) is 66.0 Å². The molecule has 17 heavy (non-hydrogen) atoms. The summed E-state index contributed by atoms with van der Waals surface area (Å²) < 4.78 is 22.3. The average Bonchev–Trinajstić information content (AvgIpc) is 2.72. The highest BCUT2D eigenvalue weighted by atomic mass is 16.8. The molecule has 0 saturated carbocycles. The summed E-state index contributed by atoms with van der Waals surface area (Å²) in [6.07, 6.45) is -1.45. The molecule has 0 spiro atoms. The van der Waals surface area contributed by atoms with Crippen LogP contribution in [0.1, 0.15) is 20.8 Å². The van der Waals surface area contributed by atoms with Crippen LogP contribution in [-0.4, -0.2) is 50.0 Å². The molecular weight excluding hydrogens is 226 g/mol. The van der Waals surface area contributed by atoms with Crippen LogP contribution in [0, 0.1) is 0 Å². The van der Waals surface area contributed by atoms with Gasteiger partial charge in [0.15, 0.2) is 17.7 Å². The van der Waals surface area contributed by atoms with E-state index in [4.69, 9.17) is 18.9 Å². The molecule has 0 aliphatic carbocycles. The molecule has 0 bridgehead atoms. The fourth-order valence-corrected chi connectivity index (χ4v) is 2.40. The van der Waals surface area contributed by atoms with E-state index >= 15 is 0 Å². The lowest BCUT2D eigenvalue weighted by Gasteiger charge is -2.29. The molecule has 2 rings (SSSR count). The number of carbonyl (C=O) groups excluding carboxylic acids is 1. The molecule has 2 aliphatic heterocycles. The summed E-state index contributed by atoms with van der Waals surface area (Å²) in [5.74, 6) is -0.973. The molecule has 1 N–H and O–H groups in total. The van der Waals surface area contributed by atoms with Crippen molar-refractivity contribution in [2.45, 2.75) is 50.7 Å². The molecule has 2 saturated heterocycles. The number of methoxy groups -OCH3 is 1. The van der Waals surface area contributed by atoms with Gasteiger partial charge in [0.2, 0.25) is 0 Å². The molecule has 2 heterocycles. The molecule has 6 nitrogen and oxygen atoms in total. The highest BCUT2D eigenvalue weighted by molar-refractivity contribution is 5.85. The van der Waals surface area contributed by atoms with Crippen molar-refractivity contribution < 1.29 is 23.7 Å². The Morgan fingerprint density at radius 1 is 1.24 bits per heavy atom. The van der Waals surface area contributed by atoms with E-state index in [0.29, 0.717) is 0 Å². The first kappa shape index (κ1) is 12.8. The van der Waals surface area contributed by atoms with Crippen molar-refractivity contribution in [1.29, 1.82) is 0 Å². The van der Waals surface area contributed by atoms with Gasteiger partial charge in [0.25, 0.3) is 5.91 Å². The molecule has 98 valence electrons. The zero-order valence-corrected chi connectivity index (χ0v) is 10.8. The summed E-state index contributed by atoms with van der Waals surface area (Å²) in [7, 11) is 3.08. The van der Waals surface area contributed by atoms with E-state index in [9.17, 15) is 4.79 Å². The Kier molecular flexibility index (Phi) is 2.94. The van der Waals surface area contributed by atoms with Crippen LogP contribution in [-0.2, 0) is 23.7 Å². The van der Waals surface area contributed by atoms with E-state index < -0.39 is 29.9 Å². The number of hydrogen-bond donors (Lipinski definition) is 1. The van der Waals surface area contributed by atoms with Crippen molar-refractivity contribution in [2.75, 3.05) is 14.2 Å². The van der Waals surface area contributed by atoms with Crippen LogP contribution in [0.5, 0.6) is 0 Å². The smallest absolute Gasteiger partial charge is 0.254 e.